The standard InChI is InChI=1S/C22H25N7O4/c30-17-5-4-15(20(31)26-17)29-21(32)14-3-1-2-13(18(14)22(29)33)10-24-11-16-25-19(28-27-16)12-6-8-23-9-7-12/h1-3,12,15,23-24H,4-11H2,(H,25,27,28)(H,26,30,31). The molecular weight excluding hydrogens is 426 g/mol. The Morgan fingerprint density at radius 2 is 1.85 bits per heavy atom. The van der Waals surface area contributed by atoms with Gasteiger partial charge >= 0.3 is 0 Å². The second kappa shape index (κ2) is 8.83. The molecule has 33 heavy (non-hydrogen) atoms. The van der Waals surface area contributed by atoms with Crippen molar-refractivity contribution < 1.29 is 19.2 Å². The molecule has 1 atom stereocenters. The van der Waals surface area contributed by atoms with Crippen molar-refractivity contribution in [2.45, 2.75) is 50.7 Å². The molecule has 172 valence electrons. The van der Waals surface area contributed by atoms with Crippen molar-refractivity contribution in [2.75, 3.05) is 13.1 Å². The molecule has 0 saturated carbocycles. The smallest absolute Gasteiger partial charge is 0.262 e. The molecule has 5 rings (SSSR count). The van der Waals surface area contributed by atoms with Crippen molar-refractivity contribution >= 4 is 23.6 Å². The molecule has 4 N–H and O–H groups in total. The molecule has 1 unspecified atom stereocenters. The lowest BCUT2D eigenvalue weighted by atomic mass is 9.98. The maximum atomic E-state index is 13.1. The Morgan fingerprint density at radius 3 is 2.64 bits per heavy atom. The van der Waals surface area contributed by atoms with E-state index in [0.717, 1.165) is 36.7 Å². The number of carbonyl (C=O) groups excluding carboxylic acids is 4. The fraction of sp³-hybridized carbons (Fsp3) is 0.455. The number of hydrogen-bond donors (Lipinski definition) is 4. The average molecular weight is 451 g/mol. The first-order chi connectivity index (χ1) is 16.0. The van der Waals surface area contributed by atoms with E-state index in [1.54, 1.807) is 18.2 Å². The lowest BCUT2D eigenvalue weighted by molar-refractivity contribution is -0.136. The summed E-state index contributed by atoms with van der Waals surface area (Å²) in [4.78, 5) is 55.4. The number of aromatic nitrogens is 3. The summed E-state index contributed by atoms with van der Waals surface area (Å²) in [7, 11) is 0. The Morgan fingerprint density at radius 1 is 1.03 bits per heavy atom. The van der Waals surface area contributed by atoms with Gasteiger partial charge in [-0.3, -0.25) is 34.5 Å². The van der Waals surface area contributed by atoms with Crippen molar-refractivity contribution in [3.05, 3.63) is 46.5 Å². The number of amides is 4. The Balaban J connectivity index is 1.26. The zero-order chi connectivity index (χ0) is 22.9. The molecule has 0 bridgehead atoms. The van der Waals surface area contributed by atoms with Crippen LogP contribution in [0.2, 0.25) is 0 Å². The van der Waals surface area contributed by atoms with Crippen LogP contribution in [-0.2, 0) is 22.7 Å². The van der Waals surface area contributed by atoms with Gasteiger partial charge in [0, 0.05) is 18.9 Å². The molecule has 1 aromatic carbocycles. The summed E-state index contributed by atoms with van der Waals surface area (Å²) in [5.74, 6) is -0.125. The predicted molar refractivity (Wildman–Crippen MR) is 115 cm³/mol. The second-order valence-electron chi connectivity index (χ2n) is 8.56. The maximum absolute atomic E-state index is 13.1. The molecule has 0 aliphatic carbocycles. The highest BCUT2D eigenvalue weighted by atomic mass is 16.2. The van der Waals surface area contributed by atoms with Crippen molar-refractivity contribution in [1.82, 2.24) is 36.0 Å². The summed E-state index contributed by atoms with van der Waals surface area (Å²) >= 11 is 0. The van der Waals surface area contributed by atoms with Crippen LogP contribution in [0.4, 0.5) is 0 Å². The van der Waals surface area contributed by atoms with Gasteiger partial charge in [0.25, 0.3) is 11.8 Å². The molecule has 2 aromatic rings. The minimum absolute atomic E-state index is 0.0920. The molecule has 11 nitrogen and oxygen atoms in total. The first kappa shape index (κ1) is 21.4. The first-order valence-electron chi connectivity index (χ1n) is 11.2. The van der Waals surface area contributed by atoms with Gasteiger partial charge in [-0.05, 0) is 44.0 Å². The van der Waals surface area contributed by atoms with E-state index in [2.05, 4.69) is 31.1 Å². The summed E-state index contributed by atoms with van der Waals surface area (Å²) in [6, 6.07) is 4.12. The summed E-state index contributed by atoms with van der Waals surface area (Å²) in [5.41, 5.74) is 1.24. The van der Waals surface area contributed by atoms with E-state index in [9.17, 15) is 19.2 Å². The van der Waals surface area contributed by atoms with E-state index in [1.807, 2.05) is 0 Å². The van der Waals surface area contributed by atoms with Gasteiger partial charge in [0.15, 0.2) is 5.82 Å². The number of rotatable bonds is 6. The third kappa shape index (κ3) is 4.05. The highest BCUT2D eigenvalue weighted by molar-refractivity contribution is 6.24. The van der Waals surface area contributed by atoms with Crippen LogP contribution in [0.25, 0.3) is 0 Å². The van der Waals surface area contributed by atoms with Crippen LogP contribution < -0.4 is 16.0 Å². The normalized spacial score (nSPS) is 21.5. The molecule has 4 heterocycles. The van der Waals surface area contributed by atoms with E-state index in [0.29, 0.717) is 36.0 Å². The Labute approximate surface area is 189 Å². The first-order valence-corrected chi connectivity index (χ1v) is 11.2. The molecule has 1 aromatic heterocycles. The third-order valence-electron chi connectivity index (χ3n) is 6.42. The minimum atomic E-state index is -0.974. The van der Waals surface area contributed by atoms with E-state index in [1.165, 1.54) is 0 Å². The van der Waals surface area contributed by atoms with Gasteiger partial charge < -0.3 is 10.6 Å². The number of fused-ring (bicyclic) bond motifs is 1. The van der Waals surface area contributed by atoms with Crippen LogP contribution in [0.5, 0.6) is 0 Å². The lowest BCUT2D eigenvalue weighted by Crippen LogP contribution is -2.54. The Hall–Kier alpha value is -3.44. The number of nitrogens with one attached hydrogen (secondary N) is 4. The Kier molecular flexibility index (Phi) is 5.73. The van der Waals surface area contributed by atoms with Crippen molar-refractivity contribution in [3.8, 4) is 0 Å². The maximum Gasteiger partial charge on any atom is 0.262 e. The number of H-pyrrole nitrogens is 1. The molecule has 2 fully saturated rings. The highest BCUT2D eigenvalue weighted by Crippen LogP contribution is 2.30. The molecule has 4 amide bonds. The third-order valence-corrected chi connectivity index (χ3v) is 6.42. The largest absolute Gasteiger partial charge is 0.317 e. The zero-order valence-corrected chi connectivity index (χ0v) is 18.0. The van der Waals surface area contributed by atoms with Crippen molar-refractivity contribution in [1.29, 1.82) is 0 Å². The van der Waals surface area contributed by atoms with Crippen LogP contribution in [0.1, 0.15) is 69.5 Å². The molecule has 3 aliphatic heterocycles. The van der Waals surface area contributed by atoms with E-state index in [4.69, 9.17) is 0 Å². The minimum Gasteiger partial charge on any atom is -0.317 e. The summed E-state index contributed by atoms with van der Waals surface area (Å²) in [6.45, 7) is 2.71. The molecule has 0 spiro atoms. The van der Waals surface area contributed by atoms with Gasteiger partial charge in [-0.25, -0.2) is 4.98 Å². The molecule has 3 aliphatic rings. The van der Waals surface area contributed by atoms with E-state index >= 15 is 0 Å². The molecule has 11 heteroatoms. The van der Waals surface area contributed by atoms with Crippen LogP contribution in [0.3, 0.4) is 0 Å². The van der Waals surface area contributed by atoms with Gasteiger partial charge in [-0.2, -0.15) is 5.10 Å². The van der Waals surface area contributed by atoms with Gasteiger partial charge in [-0.1, -0.05) is 12.1 Å². The second-order valence-corrected chi connectivity index (χ2v) is 8.56. The number of aromatic amines is 1. The molecule has 0 radical (unpaired) electrons. The van der Waals surface area contributed by atoms with Crippen LogP contribution in [-0.4, -0.2) is 62.8 Å². The van der Waals surface area contributed by atoms with Gasteiger partial charge in [0.05, 0.1) is 17.7 Å². The predicted octanol–water partition coefficient (Wildman–Crippen LogP) is -0.0373. The average Bonchev–Trinajstić information content (AvgIpc) is 3.39. The summed E-state index contributed by atoms with van der Waals surface area (Å²) in [6.07, 6.45) is 2.25. The number of nitrogens with zero attached hydrogens (tertiary/aromatic N) is 3. The number of carbonyl (C=O) groups is 4. The molecular formula is C22H25N7O4. The van der Waals surface area contributed by atoms with Crippen LogP contribution in [0.15, 0.2) is 18.2 Å². The lowest BCUT2D eigenvalue weighted by Gasteiger charge is -2.27. The summed E-state index contributed by atoms with van der Waals surface area (Å²) < 4.78 is 0. The summed E-state index contributed by atoms with van der Waals surface area (Å²) in [5, 5.41) is 16.1. The zero-order valence-electron chi connectivity index (χ0n) is 18.0. The van der Waals surface area contributed by atoms with E-state index < -0.39 is 29.7 Å². The number of imide groups is 2. The monoisotopic (exact) mass is 451 g/mol. The van der Waals surface area contributed by atoms with Crippen molar-refractivity contribution in [2.24, 2.45) is 0 Å². The van der Waals surface area contributed by atoms with Gasteiger partial charge in [0.1, 0.15) is 11.9 Å². The van der Waals surface area contributed by atoms with Crippen LogP contribution in [0, 0.1) is 0 Å². The fourth-order valence-corrected chi connectivity index (χ4v) is 4.70. The number of hydrogen-bond acceptors (Lipinski definition) is 8. The SMILES string of the molecule is O=C1CCC(N2C(=O)c3cccc(CNCc4nc(C5CCNCC5)n[nH]4)c3C2=O)C(=O)N1. The molecule has 2 saturated heterocycles. The van der Waals surface area contributed by atoms with Crippen molar-refractivity contribution in [3.63, 3.8) is 0 Å². The quantitative estimate of drug-likeness (QED) is 0.447. The van der Waals surface area contributed by atoms with Gasteiger partial charge in [-0.15, -0.1) is 0 Å². The number of benzene rings is 1. The highest BCUT2D eigenvalue weighted by Gasteiger charge is 2.45. The van der Waals surface area contributed by atoms with Gasteiger partial charge in [0.2, 0.25) is 11.8 Å². The Bertz CT molecular complexity index is 1120. The van der Waals surface area contributed by atoms with Crippen LogP contribution >= 0.6 is 0 Å². The topological polar surface area (TPSA) is 149 Å². The fourth-order valence-electron chi connectivity index (χ4n) is 4.70. The van der Waals surface area contributed by atoms with E-state index in [-0.39, 0.29) is 18.4 Å². The number of piperidine rings is 2.